The zero-order chi connectivity index (χ0) is 14.7. The monoisotopic (exact) mass is 274 g/mol. The van der Waals surface area contributed by atoms with Crippen molar-refractivity contribution in [3.05, 3.63) is 40.8 Å². The second-order valence-corrected chi connectivity index (χ2v) is 4.66. The van der Waals surface area contributed by atoms with Gasteiger partial charge in [0, 0.05) is 31.0 Å². The molecule has 6 heteroatoms. The van der Waals surface area contributed by atoms with E-state index in [4.69, 9.17) is 5.11 Å². The first-order valence-corrected chi connectivity index (χ1v) is 6.47. The van der Waals surface area contributed by atoms with Crippen molar-refractivity contribution in [3.8, 4) is 0 Å². The van der Waals surface area contributed by atoms with Gasteiger partial charge in [0.1, 0.15) is 5.82 Å². The Morgan fingerprint density at radius 3 is 2.75 bits per heavy atom. The molecule has 0 amide bonds. The van der Waals surface area contributed by atoms with Crippen molar-refractivity contribution in [1.82, 2.24) is 14.8 Å². The molecule has 0 atom stereocenters. The van der Waals surface area contributed by atoms with Crippen LogP contribution in [0.1, 0.15) is 34.2 Å². The van der Waals surface area contributed by atoms with Crippen molar-refractivity contribution < 1.29 is 9.90 Å². The molecule has 0 saturated heterocycles. The highest BCUT2D eigenvalue weighted by molar-refractivity contribution is 5.88. The molecule has 0 fully saturated rings. The molecule has 106 valence electrons. The van der Waals surface area contributed by atoms with Crippen LogP contribution in [0, 0.1) is 6.92 Å². The third kappa shape index (κ3) is 3.14. The fourth-order valence-corrected chi connectivity index (χ4v) is 1.99. The van der Waals surface area contributed by atoms with Crippen LogP contribution in [0.4, 0.5) is 5.82 Å². The summed E-state index contributed by atoms with van der Waals surface area (Å²) >= 11 is 0. The van der Waals surface area contributed by atoms with E-state index in [0.717, 1.165) is 17.0 Å². The van der Waals surface area contributed by atoms with Gasteiger partial charge in [0.15, 0.2) is 0 Å². The molecule has 0 bridgehead atoms. The molecule has 6 nitrogen and oxygen atoms in total. The summed E-state index contributed by atoms with van der Waals surface area (Å²) in [7, 11) is 1.87. The highest BCUT2D eigenvalue weighted by Crippen LogP contribution is 2.13. The normalized spacial score (nSPS) is 10.6. The first-order valence-electron chi connectivity index (χ1n) is 6.47. The summed E-state index contributed by atoms with van der Waals surface area (Å²) in [6.07, 6.45) is 2.63. The molecule has 0 saturated carbocycles. The lowest BCUT2D eigenvalue weighted by Crippen LogP contribution is -2.06. The molecule has 2 aromatic rings. The van der Waals surface area contributed by atoms with Crippen molar-refractivity contribution in [2.75, 3.05) is 5.32 Å². The molecule has 0 unspecified atom stereocenters. The summed E-state index contributed by atoms with van der Waals surface area (Å²) in [4.78, 5) is 15.5. The molecule has 0 aromatic carbocycles. The number of carboxylic acid groups (broad SMARTS) is 1. The van der Waals surface area contributed by atoms with Gasteiger partial charge in [0.2, 0.25) is 0 Å². The van der Waals surface area contributed by atoms with E-state index in [9.17, 15) is 4.79 Å². The lowest BCUT2D eigenvalue weighted by molar-refractivity contribution is 0.0696. The van der Waals surface area contributed by atoms with E-state index in [0.29, 0.717) is 18.8 Å². The minimum absolute atomic E-state index is 0.252. The molecular formula is C14H18N4O2. The predicted molar refractivity (Wildman–Crippen MR) is 75.8 cm³/mol. The summed E-state index contributed by atoms with van der Waals surface area (Å²) in [5.41, 5.74) is 3.02. The SMILES string of the molecule is CCc1cc(C(=O)O)cc(NCc2cn(C)nc2C)n1. The zero-order valence-corrected chi connectivity index (χ0v) is 11.8. The summed E-state index contributed by atoms with van der Waals surface area (Å²) in [5, 5.41) is 16.5. The van der Waals surface area contributed by atoms with E-state index >= 15 is 0 Å². The highest BCUT2D eigenvalue weighted by Gasteiger charge is 2.09. The van der Waals surface area contributed by atoms with Gasteiger partial charge in [-0.3, -0.25) is 4.68 Å². The first-order chi connectivity index (χ1) is 9.49. The third-order valence-electron chi connectivity index (χ3n) is 3.06. The highest BCUT2D eigenvalue weighted by atomic mass is 16.4. The van der Waals surface area contributed by atoms with Crippen LogP contribution >= 0.6 is 0 Å². The number of aromatic nitrogens is 3. The van der Waals surface area contributed by atoms with Crippen LogP contribution in [0.25, 0.3) is 0 Å². The maximum absolute atomic E-state index is 11.1. The van der Waals surface area contributed by atoms with Gasteiger partial charge in [0.05, 0.1) is 11.3 Å². The molecule has 2 N–H and O–H groups in total. The largest absolute Gasteiger partial charge is 0.478 e. The number of rotatable bonds is 5. The first kappa shape index (κ1) is 14.0. The number of aromatic carboxylic acids is 1. The lowest BCUT2D eigenvalue weighted by atomic mass is 10.2. The Bertz CT molecular complexity index is 634. The van der Waals surface area contributed by atoms with Gasteiger partial charge < -0.3 is 10.4 Å². The van der Waals surface area contributed by atoms with E-state index < -0.39 is 5.97 Å². The Labute approximate surface area is 117 Å². The number of pyridine rings is 1. The minimum atomic E-state index is -0.942. The van der Waals surface area contributed by atoms with Crippen molar-refractivity contribution in [3.63, 3.8) is 0 Å². The number of nitrogens with zero attached hydrogens (tertiary/aromatic N) is 3. The van der Waals surface area contributed by atoms with Gasteiger partial charge in [-0.25, -0.2) is 9.78 Å². The number of carbonyl (C=O) groups is 1. The standard InChI is InChI=1S/C14H18N4O2/c1-4-12-5-10(14(19)20)6-13(16-12)15-7-11-8-18(3)17-9(11)2/h5-6,8H,4,7H2,1-3H3,(H,15,16)(H,19,20). The smallest absolute Gasteiger partial charge is 0.335 e. The number of aryl methyl sites for hydroxylation is 3. The van der Waals surface area contributed by atoms with E-state index in [-0.39, 0.29) is 5.56 Å². The summed E-state index contributed by atoms with van der Waals surface area (Å²) < 4.78 is 1.75. The number of nitrogens with one attached hydrogen (secondary N) is 1. The fourth-order valence-electron chi connectivity index (χ4n) is 1.99. The quantitative estimate of drug-likeness (QED) is 0.871. The average Bonchev–Trinajstić information content (AvgIpc) is 2.74. The van der Waals surface area contributed by atoms with Gasteiger partial charge in [0.25, 0.3) is 0 Å². The van der Waals surface area contributed by atoms with Crippen LogP contribution in [0.2, 0.25) is 0 Å². The Morgan fingerprint density at radius 2 is 2.20 bits per heavy atom. The topological polar surface area (TPSA) is 80.0 Å². The Morgan fingerprint density at radius 1 is 1.45 bits per heavy atom. The van der Waals surface area contributed by atoms with Crippen LogP contribution in [-0.2, 0) is 20.0 Å². The molecule has 0 spiro atoms. The van der Waals surface area contributed by atoms with Crippen molar-refractivity contribution in [2.24, 2.45) is 7.05 Å². The van der Waals surface area contributed by atoms with E-state index in [1.807, 2.05) is 27.1 Å². The number of hydrogen-bond donors (Lipinski definition) is 2. The van der Waals surface area contributed by atoms with Gasteiger partial charge in [-0.1, -0.05) is 6.92 Å². The molecule has 0 aliphatic heterocycles. The van der Waals surface area contributed by atoms with Gasteiger partial charge in [-0.2, -0.15) is 5.10 Å². The molecule has 20 heavy (non-hydrogen) atoms. The number of carboxylic acids is 1. The van der Waals surface area contributed by atoms with Crippen molar-refractivity contribution in [1.29, 1.82) is 0 Å². The summed E-state index contributed by atoms with van der Waals surface area (Å²) in [5.74, 6) is -0.368. The van der Waals surface area contributed by atoms with E-state index in [2.05, 4.69) is 15.4 Å². The lowest BCUT2D eigenvalue weighted by Gasteiger charge is -2.08. The molecular weight excluding hydrogens is 256 g/mol. The molecule has 0 aliphatic rings. The van der Waals surface area contributed by atoms with E-state index in [1.54, 1.807) is 16.8 Å². The Hall–Kier alpha value is -2.37. The van der Waals surface area contributed by atoms with Gasteiger partial charge in [-0.15, -0.1) is 0 Å². The van der Waals surface area contributed by atoms with Crippen LogP contribution in [0.5, 0.6) is 0 Å². The predicted octanol–water partition coefficient (Wildman–Crippen LogP) is 2.00. The maximum atomic E-state index is 11.1. The average molecular weight is 274 g/mol. The summed E-state index contributed by atoms with van der Waals surface area (Å²) in [6, 6.07) is 3.15. The molecule has 2 heterocycles. The van der Waals surface area contributed by atoms with Crippen LogP contribution in [0.15, 0.2) is 18.3 Å². The number of hydrogen-bond acceptors (Lipinski definition) is 4. The second kappa shape index (κ2) is 5.73. The molecule has 0 radical (unpaired) electrons. The van der Waals surface area contributed by atoms with Crippen molar-refractivity contribution in [2.45, 2.75) is 26.8 Å². The van der Waals surface area contributed by atoms with Crippen LogP contribution < -0.4 is 5.32 Å². The molecule has 2 aromatic heterocycles. The summed E-state index contributed by atoms with van der Waals surface area (Å²) in [6.45, 7) is 4.46. The second-order valence-electron chi connectivity index (χ2n) is 4.66. The van der Waals surface area contributed by atoms with Crippen molar-refractivity contribution >= 4 is 11.8 Å². The Kier molecular flexibility index (Phi) is 4.02. The third-order valence-corrected chi connectivity index (χ3v) is 3.06. The Balaban J connectivity index is 2.18. The molecule has 0 aliphatic carbocycles. The fraction of sp³-hybridized carbons (Fsp3) is 0.357. The minimum Gasteiger partial charge on any atom is -0.478 e. The molecule has 2 rings (SSSR count). The number of anilines is 1. The van der Waals surface area contributed by atoms with Gasteiger partial charge in [-0.05, 0) is 25.5 Å². The van der Waals surface area contributed by atoms with Gasteiger partial charge >= 0.3 is 5.97 Å². The maximum Gasteiger partial charge on any atom is 0.335 e. The van der Waals surface area contributed by atoms with E-state index in [1.165, 1.54) is 0 Å². The zero-order valence-electron chi connectivity index (χ0n) is 11.8. The van der Waals surface area contributed by atoms with Crippen LogP contribution in [-0.4, -0.2) is 25.8 Å². The van der Waals surface area contributed by atoms with Crippen LogP contribution in [0.3, 0.4) is 0 Å².